The molecule has 0 spiro atoms. The third kappa shape index (κ3) is 5.77. The molecule has 9 heteroatoms. The van der Waals surface area contributed by atoms with E-state index in [1.165, 1.54) is 23.9 Å². The minimum Gasteiger partial charge on any atom is -0.341 e. The lowest BCUT2D eigenvalue weighted by molar-refractivity contribution is -0.132. The molecule has 1 aromatic heterocycles. The van der Waals surface area contributed by atoms with Gasteiger partial charge in [-0.15, -0.1) is 17.5 Å². The Morgan fingerprint density at radius 1 is 1.07 bits per heavy atom. The van der Waals surface area contributed by atoms with Crippen molar-refractivity contribution in [3.05, 3.63) is 41.7 Å². The van der Waals surface area contributed by atoms with Crippen molar-refractivity contribution in [1.82, 2.24) is 19.7 Å². The van der Waals surface area contributed by atoms with Crippen molar-refractivity contribution in [3.63, 3.8) is 0 Å². The first kappa shape index (κ1) is 20.9. The van der Waals surface area contributed by atoms with Crippen LogP contribution in [-0.4, -0.2) is 44.6 Å². The van der Waals surface area contributed by atoms with Gasteiger partial charge < -0.3 is 10.6 Å². The molecule has 0 atom stereocenters. The van der Waals surface area contributed by atoms with Gasteiger partial charge in [-0.2, -0.15) is 0 Å². The maximum absolute atomic E-state index is 12.4. The zero-order chi connectivity index (χ0) is 18.4. The molecule has 0 radical (unpaired) electrons. The average Bonchev–Trinajstić information content (AvgIpc) is 2.92. The summed E-state index contributed by atoms with van der Waals surface area (Å²) in [4.78, 5) is 30.5. The van der Waals surface area contributed by atoms with Gasteiger partial charge in [-0.25, -0.2) is 9.67 Å². The highest BCUT2D eigenvalue weighted by Gasteiger charge is 2.17. The minimum atomic E-state index is -0.301. The number of aromatic nitrogens is 3. The minimum absolute atomic E-state index is 0. The maximum atomic E-state index is 12.4. The fourth-order valence-electron chi connectivity index (χ4n) is 2.95. The first-order chi connectivity index (χ1) is 12.7. The van der Waals surface area contributed by atoms with E-state index in [0.717, 1.165) is 31.5 Å². The maximum Gasteiger partial charge on any atom is 0.258 e. The highest BCUT2D eigenvalue weighted by Crippen LogP contribution is 2.11. The number of likely N-dealkylation sites (tertiary alicyclic amines) is 1. The predicted octanol–water partition coefficient (Wildman–Crippen LogP) is 1.81. The summed E-state index contributed by atoms with van der Waals surface area (Å²) in [7, 11) is 0. The van der Waals surface area contributed by atoms with Crippen LogP contribution < -0.4 is 11.1 Å². The second-order valence-corrected chi connectivity index (χ2v) is 6.42. The summed E-state index contributed by atoms with van der Waals surface area (Å²) < 4.78 is 1.46. The Morgan fingerprint density at radius 2 is 1.74 bits per heavy atom. The molecule has 1 aliphatic heterocycles. The molecule has 1 aliphatic rings. The Bertz CT molecular complexity index is 753. The molecule has 1 aromatic carbocycles. The summed E-state index contributed by atoms with van der Waals surface area (Å²) in [6.45, 7) is 2.17. The molecule has 1 fully saturated rings. The van der Waals surface area contributed by atoms with E-state index in [2.05, 4.69) is 15.4 Å². The molecule has 2 aromatic rings. The molecule has 3 rings (SSSR count). The second kappa shape index (κ2) is 10.0. The van der Waals surface area contributed by atoms with E-state index in [1.807, 2.05) is 4.90 Å². The van der Waals surface area contributed by atoms with Crippen LogP contribution in [0.25, 0.3) is 0 Å². The summed E-state index contributed by atoms with van der Waals surface area (Å²) in [5.41, 5.74) is 7.00. The van der Waals surface area contributed by atoms with Gasteiger partial charge in [0.15, 0.2) is 0 Å². The van der Waals surface area contributed by atoms with Crippen molar-refractivity contribution in [2.75, 3.05) is 18.4 Å². The standard InChI is InChI=1S/C18H24N6O2.ClH/c19-11-14-5-7-15(8-6-14)17(26)21-18-20-13-24(22-18)12-16(25)23-9-3-1-2-4-10-23;/h5-8,13H,1-4,9-12,19H2,(H,21,22,26);1H. The predicted molar refractivity (Wildman–Crippen MR) is 105 cm³/mol. The molecule has 3 N–H and O–H groups in total. The molecule has 27 heavy (non-hydrogen) atoms. The Balaban J connectivity index is 0.00000261. The molecule has 2 amide bonds. The number of carbonyl (C=O) groups is 2. The summed E-state index contributed by atoms with van der Waals surface area (Å²) in [5, 5.41) is 6.81. The van der Waals surface area contributed by atoms with Crippen molar-refractivity contribution in [1.29, 1.82) is 0 Å². The number of carbonyl (C=O) groups excluding carboxylic acids is 2. The van der Waals surface area contributed by atoms with E-state index >= 15 is 0 Å². The van der Waals surface area contributed by atoms with Crippen LogP contribution >= 0.6 is 12.4 Å². The van der Waals surface area contributed by atoms with Crippen molar-refractivity contribution in [2.45, 2.75) is 38.8 Å². The van der Waals surface area contributed by atoms with Crippen LogP contribution in [0.3, 0.4) is 0 Å². The molecular formula is C18H25ClN6O2. The van der Waals surface area contributed by atoms with Gasteiger partial charge in [-0.1, -0.05) is 25.0 Å². The number of hydrogen-bond acceptors (Lipinski definition) is 5. The second-order valence-electron chi connectivity index (χ2n) is 6.42. The third-order valence-electron chi connectivity index (χ3n) is 4.47. The van der Waals surface area contributed by atoms with Gasteiger partial charge in [0.05, 0.1) is 0 Å². The van der Waals surface area contributed by atoms with Crippen LogP contribution in [0.1, 0.15) is 41.6 Å². The topological polar surface area (TPSA) is 106 Å². The first-order valence-electron chi connectivity index (χ1n) is 8.93. The highest BCUT2D eigenvalue weighted by molar-refractivity contribution is 6.03. The molecule has 0 bridgehead atoms. The van der Waals surface area contributed by atoms with Gasteiger partial charge in [0.2, 0.25) is 11.9 Å². The van der Waals surface area contributed by atoms with Crippen LogP contribution in [-0.2, 0) is 17.9 Å². The zero-order valence-electron chi connectivity index (χ0n) is 15.1. The number of rotatable bonds is 5. The molecule has 1 saturated heterocycles. The number of nitrogens with one attached hydrogen (secondary N) is 1. The van der Waals surface area contributed by atoms with Crippen LogP contribution in [0.15, 0.2) is 30.6 Å². The molecule has 2 heterocycles. The van der Waals surface area contributed by atoms with E-state index in [4.69, 9.17) is 5.73 Å². The van der Waals surface area contributed by atoms with Crippen LogP contribution in [0.2, 0.25) is 0 Å². The van der Waals surface area contributed by atoms with Crippen LogP contribution in [0.4, 0.5) is 5.95 Å². The van der Waals surface area contributed by atoms with Crippen molar-refractivity contribution < 1.29 is 9.59 Å². The van der Waals surface area contributed by atoms with Crippen molar-refractivity contribution in [2.24, 2.45) is 5.73 Å². The summed E-state index contributed by atoms with van der Waals surface area (Å²) in [6, 6.07) is 7.02. The Labute approximate surface area is 164 Å². The molecule has 8 nitrogen and oxygen atoms in total. The van der Waals surface area contributed by atoms with E-state index in [0.29, 0.717) is 12.1 Å². The monoisotopic (exact) mass is 392 g/mol. The summed E-state index contributed by atoms with van der Waals surface area (Å²) in [6.07, 6.45) is 5.91. The van der Waals surface area contributed by atoms with E-state index in [-0.39, 0.29) is 36.7 Å². The fraction of sp³-hybridized carbons (Fsp3) is 0.444. The number of benzene rings is 1. The van der Waals surface area contributed by atoms with Crippen molar-refractivity contribution in [3.8, 4) is 0 Å². The van der Waals surface area contributed by atoms with Crippen molar-refractivity contribution >= 4 is 30.2 Å². The lowest BCUT2D eigenvalue weighted by Gasteiger charge is -2.19. The van der Waals surface area contributed by atoms with E-state index in [1.54, 1.807) is 24.3 Å². The summed E-state index contributed by atoms with van der Waals surface area (Å²) >= 11 is 0. The smallest absolute Gasteiger partial charge is 0.258 e. The quantitative estimate of drug-likeness (QED) is 0.807. The van der Waals surface area contributed by atoms with Crippen LogP contribution in [0, 0.1) is 0 Å². The number of hydrogen-bond donors (Lipinski definition) is 2. The zero-order valence-corrected chi connectivity index (χ0v) is 16.0. The lowest BCUT2D eigenvalue weighted by atomic mass is 10.1. The van der Waals surface area contributed by atoms with E-state index in [9.17, 15) is 9.59 Å². The molecule has 146 valence electrons. The van der Waals surface area contributed by atoms with Gasteiger partial charge in [-0.3, -0.25) is 14.9 Å². The fourth-order valence-corrected chi connectivity index (χ4v) is 2.95. The van der Waals surface area contributed by atoms with Gasteiger partial charge >= 0.3 is 0 Å². The number of anilines is 1. The number of nitrogens with zero attached hydrogens (tertiary/aromatic N) is 4. The number of halogens is 1. The average molecular weight is 393 g/mol. The summed E-state index contributed by atoms with van der Waals surface area (Å²) in [5.74, 6) is -0.0845. The SMILES string of the molecule is Cl.NCc1ccc(C(=O)Nc2ncn(CC(=O)N3CCCCCC3)n2)cc1. The number of amides is 2. The Kier molecular flexibility index (Phi) is 7.75. The molecule has 0 aliphatic carbocycles. The molecule has 0 unspecified atom stereocenters. The normalized spacial score (nSPS) is 14.2. The van der Waals surface area contributed by atoms with Gasteiger partial charge in [0.25, 0.3) is 5.91 Å². The Hall–Kier alpha value is -2.45. The van der Waals surface area contributed by atoms with E-state index < -0.39 is 0 Å². The Morgan fingerprint density at radius 3 is 2.37 bits per heavy atom. The largest absolute Gasteiger partial charge is 0.341 e. The molecule has 0 saturated carbocycles. The van der Waals surface area contributed by atoms with Crippen LogP contribution in [0.5, 0.6) is 0 Å². The number of nitrogens with two attached hydrogens (primary N) is 1. The van der Waals surface area contributed by atoms with Gasteiger partial charge in [0, 0.05) is 25.2 Å². The van der Waals surface area contributed by atoms with Gasteiger partial charge in [0.1, 0.15) is 12.9 Å². The third-order valence-corrected chi connectivity index (χ3v) is 4.47. The lowest BCUT2D eigenvalue weighted by Crippen LogP contribution is -2.34. The van der Waals surface area contributed by atoms with Gasteiger partial charge in [-0.05, 0) is 30.5 Å². The highest BCUT2D eigenvalue weighted by atomic mass is 35.5. The molecular weight excluding hydrogens is 368 g/mol. The first-order valence-corrected chi connectivity index (χ1v) is 8.93.